The van der Waals surface area contributed by atoms with Gasteiger partial charge >= 0.3 is 0 Å². The van der Waals surface area contributed by atoms with Gasteiger partial charge in [-0.2, -0.15) is 4.98 Å². The summed E-state index contributed by atoms with van der Waals surface area (Å²) in [6.45, 7) is 5.08. The minimum atomic E-state index is 0.189. The summed E-state index contributed by atoms with van der Waals surface area (Å²) < 4.78 is 5.68. The number of aryl methyl sites for hydroxylation is 1. The van der Waals surface area contributed by atoms with E-state index in [0.29, 0.717) is 25.2 Å². The maximum atomic E-state index is 12.9. The average Bonchev–Trinajstić information content (AvgIpc) is 3.43. The van der Waals surface area contributed by atoms with Gasteiger partial charge in [-0.3, -0.25) is 4.79 Å². The molecule has 170 valence electrons. The molecule has 0 spiro atoms. The SMILES string of the molecule is CCCc1nc(N2CCCN(C(=O)Cc3cccs3)CC2)c2c(-c3ccccc3)noc2n1. The lowest BCUT2D eigenvalue weighted by atomic mass is 10.1. The molecule has 1 aliphatic heterocycles. The monoisotopic (exact) mass is 461 g/mol. The fraction of sp³-hybridized carbons (Fsp3) is 0.360. The number of carbonyl (C=O) groups excluding carboxylic acids is 1. The number of amides is 1. The Morgan fingerprint density at radius 2 is 1.94 bits per heavy atom. The van der Waals surface area contributed by atoms with Crippen LogP contribution in [0.2, 0.25) is 0 Å². The molecule has 8 heteroatoms. The topological polar surface area (TPSA) is 75.4 Å². The summed E-state index contributed by atoms with van der Waals surface area (Å²) in [7, 11) is 0. The Morgan fingerprint density at radius 3 is 2.73 bits per heavy atom. The highest BCUT2D eigenvalue weighted by molar-refractivity contribution is 7.10. The third-order valence-electron chi connectivity index (χ3n) is 5.94. The molecule has 3 aromatic heterocycles. The van der Waals surface area contributed by atoms with E-state index in [9.17, 15) is 4.79 Å². The molecule has 0 bridgehead atoms. The Morgan fingerprint density at radius 1 is 1.06 bits per heavy atom. The number of hydrogen-bond acceptors (Lipinski definition) is 7. The molecular formula is C25H27N5O2S. The highest BCUT2D eigenvalue weighted by Gasteiger charge is 2.25. The molecule has 4 aromatic rings. The Hall–Kier alpha value is -3.26. The predicted octanol–water partition coefficient (Wildman–Crippen LogP) is 4.58. The summed E-state index contributed by atoms with van der Waals surface area (Å²) in [4.78, 5) is 27.8. The first-order chi connectivity index (χ1) is 16.2. The van der Waals surface area contributed by atoms with Gasteiger partial charge in [-0.05, 0) is 24.3 Å². The second-order valence-electron chi connectivity index (χ2n) is 8.27. The van der Waals surface area contributed by atoms with E-state index in [1.165, 1.54) is 0 Å². The van der Waals surface area contributed by atoms with E-state index in [4.69, 9.17) is 9.51 Å². The number of anilines is 1. The smallest absolute Gasteiger partial charge is 0.263 e. The Bertz CT molecular complexity index is 1220. The van der Waals surface area contributed by atoms with Gasteiger partial charge in [-0.15, -0.1) is 11.3 Å². The zero-order valence-electron chi connectivity index (χ0n) is 18.7. The highest BCUT2D eigenvalue weighted by atomic mass is 32.1. The number of benzene rings is 1. The molecule has 1 fully saturated rings. The van der Waals surface area contributed by atoms with Crippen LogP contribution in [0.5, 0.6) is 0 Å². The van der Waals surface area contributed by atoms with Gasteiger partial charge in [0.1, 0.15) is 22.7 Å². The van der Waals surface area contributed by atoms with E-state index in [1.807, 2.05) is 52.7 Å². The van der Waals surface area contributed by atoms with Gasteiger partial charge in [0, 0.05) is 43.0 Å². The van der Waals surface area contributed by atoms with Crippen molar-refractivity contribution in [2.45, 2.75) is 32.6 Å². The van der Waals surface area contributed by atoms with Crippen LogP contribution in [0, 0.1) is 0 Å². The summed E-state index contributed by atoms with van der Waals surface area (Å²) in [5, 5.41) is 7.23. The maximum absolute atomic E-state index is 12.9. The predicted molar refractivity (Wildman–Crippen MR) is 130 cm³/mol. The molecule has 0 aliphatic carbocycles. The van der Waals surface area contributed by atoms with Crippen molar-refractivity contribution in [1.82, 2.24) is 20.0 Å². The molecule has 33 heavy (non-hydrogen) atoms. The fourth-order valence-electron chi connectivity index (χ4n) is 4.29. The Labute approximate surface area is 197 Å². The number of fused-ring (bicyclic) bond motifs is 1. The van der Waals surface area contributed by atoms with Crippen molar-refractivity contribution < 1.29 is 9.32 Å². The minimum Gasteiger partial charge on any atom is -0.354 e. The van der Waals surface area contributed by atoms with Crippen LogP contribution in [0.3, 0.4) is 0 Å². The lowest BCUT2D eigenvalue weighted by Gasteiger charge is -2.23. The molecule has 0 unspecified atom stereocenters. The number of nitrogens with zero attached hydrogens (tertiary/aromatic N) is 5. The second-order valence-corrected chi connectivity index (χ2v) is 9.30. The zero-order chi connectivity index (χ0) is 22.6. The lowest BCUT2D eigenvalue weighted by Crippen LogP contribution is -2.36. The van der Waals surface area contributed by atoms with Crippen molar-refractivity contribution in [1.29, 1.82) is 0 Å². The molecule has 4 heterocycles. The molecule has 0 saturated carbocycles. The van der Waals surface area contributed by atoms with Gasteiger partial charge < -0.3 is 14.3 Å². The summed E-state index contributed by atoms with van der Waals surface area (Å²) >= 11 is 1.63. The molecule has 5 rings (SSSR count). The van der Waals surface area contributed by atoms with Crippen molar-refractivity contribution in [2.24, 2.45) is 0 Å². The van der Waals surface area contributed by atoms with Gasteiger partial charge in [-0.1, -0.05) is 48.5 Å². The van der Waals surface area contributed by atoms with E-state index in [1.54, 1.807) is 11.3 Å². The van der Waals surface area contributed by atoms with Crippen molar-refractivity contribution in [3.63, 3.8) is 0 Å². The van der Waals surface area contributed by atoms with Crippen molar-refractivity contribution in [3.05, 3.63) is 58.5 Å². The van der Waals surface area contributed by atoms with Crippen LogP contribution in [-0.4, -0.2) is 52.1 Å². The highest BCUT2D eigenvalue weighted by Crippen LogP contribution is 2.34. The van der Waals surface area contributed by atoms with Gasteiger partial charge in [0.05, 0.1) is 6.42 Å². The van der Waals surface area contributed by atoms with E-state index < -0.39 is 0 Å². The normalized spacial score (nSPS) is 14.6. The van der Waals surface area contributed by atoms with Gasteiger partial charge in [0.25, 0.3) is 5.71 Å². The van der Waals surface area contributed by atoms with Gasteiger partial charge in [0.15, 0.2) is 0 Å². The molecule has 0 N–H and O–H groups in total. The first-order valence-corrected chi connectivity index (χ1v) is 12.4. The van der Waals surface area contributed by atoms with E-state index in [0.717, 1.165) is 65.5 Å². The quantitative estimate of drug-likeness (QED) is 0.418. The lowest BCUT2D eigenvalue weighted by molar-refractivity contribution is -0.130. The molecule has 1 amide bonds. The third kappa shape index (κ3) is 4.61. The second kappa shape index (κ2) is 9.70. The van der Waals surface area contributed by atoms with E-state index in [-0.39, 0.29) is 5.91 Å². The van der Waals surface area contributed by atoms with Crippen molar-refractivity contribution in [3.8, 4) is 11.3 Å². The average molecular weight is 462 g/mol. The van der Waals surface area contributed by atoms with Crippen LogP contribution in [0.15, 0.2) is 52.4 Å². The molecule has 0 radical (unpaired) electrons. The minimum absolute atomic E-state index is 0.189. The largest absolute Gasteiger partial charge is 0.354 e. The number of rotatable bonds is 6. The van der Waals surface area contributed by atoms with E-state index >= 15 is 0 Å². The van der Waals surface area contributed by atoms with Crippen LogP contribution in [0.25, 0.3) is 22.4 Å². The summed E-state index contributed by atoms with van der Waals surface area (Å²) in [5.74, 6) is 1.82. The Balaban J connectivity index is 1.45. The fourth-order valence-corrected chi connectivity index (χ4v) is 4.99. The van der Waals surface area contributed by atoms with Crippen LogP contribution >= 0.6 is 11.3 Å². The van der Waals surface area contributed by atoms with Gasteiger partial charge in [-0.25, -0.2) is 4.98 Å². The van der Waals surface area contributed by atoms with E-state index in [2.05, 4.69) is 22.0 Å². The Kier molecular flexibility index (Phi) is 6.35. The first kappa shape index (κ1) is 21.6. The molecule has 1 saturated heterocycles. The van der Waals surface area contributed by atoms with Crippen molar-refractivity contribution in [2.75, 3.05) is 31.1 Å². The third-order valence-corrected chi connectivity index (χ3v) is 6.81. The van der Waals surface area contributed by atoms with Crippen molar-refractivity contribution >= 4 is 34.2 Å². The number of carbonyl (C=O) groups is 1. The van der Waals surface area contributed by atoms with Gasteiger partial charge in [0.2, 0.25) is 5.91 Å². The van der Waals surface area contributed by atoms with Crippen LogP contribution in [0.4, 0.5) is 5.82 Å². The number of aromatic nitrogens is 3. The summed E-state index contributed by atoms with van der Waals surface area (Å²) in [6, 6.07) is 14.0. The molecule has 1 aromatic carbocycles. The zero-order valence-corrected chi connectivity index (χ0v) is 19.6. The molecule has 1 aliphatic rings. The number of thiophene rings is 1. The number of hydrogen-bond donors (Lipinski definition) is 0. The first-order valence-electron chi connectivity index (χ1n) is 11.5. The standard InChI is InChI=1S/C25H27N5O2S/c1-2-8-20-26-24(22-23(28-32-25(22)27-20)18-9-4-3-5-10-18)30-13-7-12-29(14-15-30)21(31)17-19-11-6-16-33-19/h3-6,9-11,16H,2,7-8,12-15,17H2,1H3. The maximum Gasteiger partial charge on any atom is 0.263 e. The summed E-state index contributed by atoms with van der Waals surface area (Å²) in [5.41, 5.74) is 2.27. The van der Waals surface area contributed by atoms with Crippen LogP contribution in [0.1, 0.15) is 30.5 Å². The molecular weight excluding hydrogens is 434 g/mol. The summed E-state index contributed by atoms with van der Waals surface area (Å²) in [6.07, 6.45) is 3.09. The molecule has 7 nitrogen and oxygen atoms in total. The van der Waals surface area contributed by atoms with Crippen LogP contribution in [-0.2, 0) is 17.6 Å². The van der Waals surface area contributed by atoms with Crippen LogP contribution < -0.4 is 4.90 Å². The molecule has 0 atom stereocenters.